The van der Waals surface area contributed by atoms with Crippen molar-refractivity contribution in [1.82, 2.24) is 20.5 Å². The molecule has 1 fully saturated rings. The van der Waals surface area contributed by atoms with Gasteiger partial charge in [0.15, 0.2) is 0 Å². The lowest BCUT2D eigenvalue weighted by atomic mass is 9.85. The fourth-order valence-corrected chi connectivity index (χ4v) is 5.47. The van der Waals surface area contributed by atoms with Crippen LogP contribution in [0.3, 0.4) is 0 Å². The number of aliphatic hydroxyl groups is 1. The van der Waals surface area contributed by atoms with Crippen LogP contribution >= 0.6 is 11.3 Å². The van der Waals surface area contributed by atoms with Gasteiger partial charge in [-0.2, -0.15) is 0 Å². The number of thiazole rings is 1. The second kappa shape index (κ2) is 14.7. The molecule has 4 N–H and O–H groups in total. The second-order valence-electron chi connectivity index (χ2n) is 11.4. The minimum absolute atomic E-state index is 0.00118. The Morgan fingerprint density at radius 2 is 1.74 bits per heavy atom. The molecule has 1 aromatic heterocycles. The van der Waals surface area contributed by atoms with E-state index in [1.54, 1.807) is 37.6 Å². The number of carbonyl (C=O) groups excluding carboxylic acids is 3. The summed E-state index contributed by atoms with van der Waals surface area (Å²) in [4.78, 5) is 56.9. The number of amides is 3. The summed E-state index contributed by atoms with van der Waals surface area (Å²) in [6.45, 7) is 8.32. The molecule has 3 rings (SSSR count). The third kappa shape index (κ3) is 9.05. The van der Waals surface area contributed by atoms with Crippen molar-refractivity contribution in [1.29, 1.82) is 0 Å². The Morgan fingerprint density at radius 1 is 1.10 bits per heavy atom. The molecule has 230 valence electrons. The molecular formula is C29H40N4O8S. The number of hydrogen-bond acceptors (Lipinski definition) is 9. The smallest absolute Gasteiger partial charge is 0.329 e. The van der Waals surface area contributed by atoms with Crippen LogP contribution < -0.4 is 10.6 Å². The molecule has 0 aliphatic carbocycles. The highest BCUT2D eigenvalue weighted by Crippen LogP contribution is 2.29. The summed E-state index contributed by atoms with van der Waals surface area (Å²) in [6.07, 6.45) is -0.801. The molecular weight excluding hydrogens is 564 g/mol. The fourth-order valence-electron chi connectivity index (χ4n) is 4.66. The summed E-state index contributed by atoms with van der Waals surface area (Å²) < 4.78 is 10.1. The third-order valence-corrected chi connectivity index (χ3v) is 7.87. The fraction of sp³-hybridized carbons (Fsp3) is 0.552. The first-order valence-corrected chi connectivity index (χ1v) is 14.6. The number of aliphatic hydroxyl groups excluding tert-OH is 1. The molecule has 2 heterocycles. The molecule has 0 radical (unpaired) electrons. The van der Waals surface area contributed by atoms with Crippen LogP contribution in [-0.4, -0.2) is 94.9 Å². The first-order valence-electron chi connectivity index (χ1n) is 13.7. The number of aromatic nitrogens is 1. The third-order valence-electron chi connectivity index (χ3n) is 6.89. The molecule has 12 nitrogen and oxygen atoms in total. The Balaban J connectivity index is 1.62. The highest BCUT2D eigenvalue weighted by molar-refractivity contribution is 7.13. The lowest BCUT2D eigenvalue weighted by molar-refractivity contribution is -0.145. The van der Waals surface area contributed by atoms with Gasteiger partial charge in [-0.1, -0.05) is 45.0 Å². The second-order valence-corrected chi connectivity index (χ2v) is 12.2. The highest BCUT2D eigenvalue weighted by atomic mass is 32.1. The quantitative estimate of drug-likeness (QED) is 0.250. The predicted molar refractivity (Wildman–Crippen MR) is 156 cm³/mol. The topological polar surface area (TPSA) is 167 Å². The van der Waals surface area contributed by atoms with Crippen molar-refractivity contribution in [2.24, 2.45) is 5.41 Å². The molecule has 0 bridgehead atoms. The first-order chi connectivity index (χ1) is 19.8. The van der Waals surface area contributed by atoms with E-state index < -0.39 is 53.9 Å². The SMILES string of the molecule is Cc1ncsc1-c1ccc([C@H](C)NC(=O)[C@@H]2C[C@@H](O)CN2C(=O)[C@@H](NC(=O)COCCOCC(=O)O)C(C)(C)C)cc1. The van der Waals surface area contributed by atoms with E-state index in [4.69, 9.17) is 14.6 Å². The van der Waals surface area contributed by atoms with E-state index in [-0.39, 0.29) is 38.8 Å². The Hall–Kier alpha value is -3.39. The molecule has 1 aliphatic heterocycles. The number of nitrogens with zero attached hydrogens (tertiary/aromatic N) is 2. The van der Waals surface area contributed by atoms with Crippen LogP contribution in [0.25, 0.3) is 10.4 Å². The Kier molecular flexibility index (Phi) is 11.6. The number of aryl methyl sites for hydroxylation is 1. The number of carboxylic acid groups (broad SMARTS) is 1. The van der Waals surface area contributed by atoms with E-state index in [1.165, 1.54) is 4.90 Å². The van der Waals surface area contributed by atoms with Gasteiger partial charge in [0, 0.05) is 13.0 Å². The Bertz CT molecular complexity index is 1240. The monoisotopic (exact) mass is 604 g/mol. The molecule has 1 saturated heterocycles. The van der Waals surface area contributed by atoms with E-state index >= 15 is 0 Å². The standard InChI is InChI=1S/C29H40N4O8S/c1-17(19-6-8-20(9-7-19)25-18(2)30-16-42-25)31-27(38)22-12-21(34)13-33(22)28(39)26(29(3,4)5)32-23(35)14-40-10-11-41-15-24(36)37/h6-9,16-17,21-22,26,34H,10-15H2,1-5H3,(H,31,38)(H,32,35)(H,36,37)/t17-,21+,22-,26+/m0/s1. The van der Waals surface area contributed by atoms with E-state index in [0.29, 0.717) is 0 Å². The summed E-state index contributed by atoms with van der Waals surface area (Å²) in [5.41, 5.74) is 3.98. The average Bonchev–Trinajstić information content (AvgIpc) is 3.53. The highest BCUT2D eigenvalue weighted by Gasteiger charge is 2.44. The first kappa shape index (κ1) is 33.1. The number of hydrogen-bond donors (Lipinski definition) is 4. The van der Waals surface area contributed by atoms with Crippen molar-refractivity contribution in [3.05, 3.63) is 41.0 Å². The minimum atomic E-state index is -1.11. The van der Waals surface area contributed by atoms with Crippen LogP contribution in [0.5, 0.6) is 0 Å². The van der Waals surface area contributed by atoms with Gasteiger partial charge in [-0.05, 0) is 30.4 Å². The number of benzene rings is 1. The van der Waals surface area contributed by atoms with Gasteiger partial charge in [0.25, 0.3) is 0 Å². The van der Waals surface area contributed by atoms with Gasteiger partial charge in [-0.25, -0.2) is 9.78 Å². The summed E-state index contributed by atoms with van der Waals surface area (Å²) in [7, 11) is 0. The molecule has 0 unspecified atom stereocenters. The zero-order chi connectivity index (χ0) is 31.0. The van der Waals surface area contributed by atoms with E-state index in [0.717, 1.165) is 21.7 Å². The molecule has 0 saturated carbocycles. The molecule has 42 heavy (non-hydrogen) atoms. The summed E-state index contributed by atoms with van der Waals surface area (Å²) in [6, 6.07) is 5.61. The van der Waals surface area contributed by atoms with Crippen molar-refractivity contribution in [2.75, 3.05) is 33.0 Å². The zero-order valence-corrected chi connectivity index (χ0v) is 25.4. The van der Waals surface area contributed by atoms with Crippen molar-refractivity contribution < 1.29 is 38.9 Å². The predicted octanol–water partition coefficient (Wildman–Crippen LogP) is 1.91. The van der Waals surface area contributed by atoms with Crippen molar-refractivity contribution in [2.45, 2.75) is 65.3 Å². The molecule has 1 aromatic carbocycles. The van der Waals surface area contributed by atoms with Gasteiger partial charge in [-0.15, -0.1) is 11.3 Å². The summed E-state index contributed by atoms with van der Waals surface area (Å²) in [5.74, 6) is -2.52. The summed E-state index contributed by atoms with van der Waals surface area (Å²) >= 11 is 1.56. The van der Waals surface area contributed by atoms with Crippen molar-refractivity contribution >= 4 is 35.0 Å². The van der Waals surface area contributed by atoms with E-state index in [9.17, 15) is 24.3 Å². The molecule has 3 amide bonds. The molecule has 4 atom stereocenters. The zero-order valence-electron chi connectivity index (χ0n) is 24.6. The van der Waals surface area contributed by atoms with Crippen molar-refractivity contribution in [3.63, 3.8) is 0 Å². The van der Waals surface area contributed by atoms with Gasteiger partial charge in [-0.3, -0.25) is 14.4 Å². The lowest BCUT2D eigenvalue weighted by Gasteiger charge is -2.35. The number of likely N-dealkylation sites (tertiary alicyclic amines) is 1. The van der Waals surface area contributed by atoms with Crippen molar-refractivity contribution in [3.8, 4) is 10.4 Å². The van der Waals surface area contributed by atoms with Crippen LogP contribution in [0.2, 0.25) is 0 Å². The van der Waals surface area contributed by atoms with Gasteiger partial charge in [0.05, 0.1) is 41.4 Å². The lowest BCUT2D eigenvalue weighted by Crippen LogP contribution is -2.58. The Morgan fingerprint density at radius 3 is 2.31 bits per heavy atom. The Labute approximate surface area is 249 Å². The van der Waals surface area contributed by atoms with Crippen LogP contribution in [0.1, 0.15) is 51.4 Å². The molecule has 1 aliphatic rings. The van der Waals surface area contributed by atoms with Crippen LogP contribution in [-0.2, 0) is 28.7 Å². The van der Waals surface area contributed by atoms with Gasteiger partial charge < -0.3 is 35.2 Å². The number of nitrogens with one attached hydrogen (secondary N) is 2. The number of β-amino-alcohol motifs (C(OH)–C–C–N with tert-alkyl or cyclic N) is 1. The van der Waals surface area contributed by atoms with E-state index in [1.807, 2.05) is 38.1 Å². The normalized spacial score (nSPS) is 18.4. The van der Waals surface area contributed by atoms with Gasteiger partial charge in [0.1, 0.15) is 25.3 Å². The number of carboxylic acids is 1. The maximum atomic E-state index is 13.7. The maximum Gasteiger partial charge on any atom is 0.329 e. The minimum Gasteiger partial charge on any atom is -0.480 e. The number of carbonyl (C=O) groups is 4. The number of aliphatic carboxylic acids is 1. The molecule has 0 spiro atoms. The maximum absolute atomic E-state index is 13.7. The van der Waals surface area contributed by atoms with Gasteiger partial charge >= 0.3 is 5.97 Å². The number of ether oxygens (including phenoxy) is 2. The summed E-state index contributed by atoms with van der Waals surface area (Å²) in [5, 5.41) is 24.7. The van der Waals surface area contributed by atoms with Crippen LogP contribution in [0, 0.1) is 12.3 Å². The van der Waals surface area contributed by atoms with Gasteiger partial charge in [0.2, 0.25) is 17.7 Å². The van der Waals surface area contributed by atoms with E-state index in [2.05, 4.69) is 15.6 Å². The van der Waals surface area contributed by atoms with Crippen LogP contribution in [0.4, 0.5) is 0 Å². The molecule has 13 heteroatoms. The molecule has 2 aromatic rings. The largest absolute Gasteiger partial charge is 0.480 e. The number of rotatable bonds is 13. The van der Waals surface area contributed by atoms with Crippen LogP contribution in [0.15, 0.2) is 29.8 Å². The average molecular weight is 605 g/mol.